The molecule has 2 atom stereocenters. The van der Waals surface area contributed by atoms with E-state index in [-0.39, 0.29) is 24.0 Å². The highest BCUT2D eigenvalue weighted by atomic mass is 32.2. The number of nitrogens with two attached hydrogens (primary N) is 1. The third-order valence-electron chi connectivity index (χ3n) is 4.26. The van der Waals surface area contributed by atoms with Crippen molar-refractivity contribution in [1.82, 2.24) is 5.32 Å². The van der Waals surface area contributed by atoms with E-state index in [0.717, 1.165) is 18.2 Å². The number of rotatable bonds is 9. The lowest BCUT2D eigenvalue weighted by atomic mass is 9.92. The van der Waals surface area contributed by atoms with E-state index >= 15 is 0 Å². The van der Waals surface area contributed by atoms with Gasteiger partial charge in [0.05, 0.1) is 11.8 Å². The molecule has 0 saturated heterocycles. The molecule has 2 aromatic rings. The van der Waals surface area contributed by atoms with Crippen LogP contribution < -0.4 is 11.1 Å². The molecule has 0 heterocycles. The molecule has 0 aliphatic heterocycles. The molecule has 0 aromatic heterocycles. The summed E-state index contributed by atoms with van der Waals surface area (Å²) >= 11 is 0. The molecule has 26 heavy (non-hydrogen) atoms. The summed E-state index contributed by atoms with van der Waals surface area (Å²) in [5, 5.41) is 2.88. The number of benzene rings is 2. The van der Waals surface area contributed by atoms with Gasteiger partial charge in [-0.15, -0.1) is 0 Å². The van der Waals surface area contributed by atoms with Gasteiger partial charge in [-0.05, 0) is 24.0 Å². The van der Waals surface area contributed by atoms with Gasteiger partial charge in [0, 0.05) is 18.7 Å². The van der Waals surface area contributed by atoms with E-state index in [1.807, 2.05) is 48.5 Å². The predicted molar refractivity (Wildman–Crippen MR) is 105 cm³/mol. The summed E-state index contributed by atoms with van der Waals surface area (Å²) in [5.41, 5.74) is 8.16. The van der Waals surface area contributed by atoms with Gasteiger partial charge in [0.1, 0.15) is 9.84 Å². The third-order valence-corrected chi connectivity index (χ3v) is 5.23. The summed E-state index contributed by atoms with van der Waals surface area (Å²) in [6.45, 7) is 0.449. The van der Waals surface area contributed by atoms with Crippen LogP contribution in [0, 0.1) is 0 Å². The number of hydrogen-bond donors (Lipinski definition) is 2. The Morgan fingerprint density at radius 3 is 2.19 bits per heavy atom. The van der Waals surface area contributed by atoms with Gasteiger partial charge in [0.2, 0.25) is 5.91 Å². The number of nitrogens with one attached hydrogen (secondary N) is 1. The Labute approximate surface area is 155 Å². The van der Waals surface area contributed by atoms with E-state index < -0.39 is 15.9 Å². The SMILES string of the molecule is CS(=O)(=O)CCC(N)C(=O)NCC(Cc1ccccc1)c1ccccc1. The number of hydrogen-bond acceptors (Lipinski definition) is 4. The molecule has 0 bridgehead atoms. The fourth-order valence-corrected chi connectivity index (χ4v) is 3.44. The Hall–Kier alpha value is -2.18. The fourth-order valence-electron chi connectivity index (χ4n) is 2.76. The predicted octanol–water partition coefficient (Wildman–Crippen LogP) is 1.89. The summed E-state index contributed by atoms with van der Waals surface area (Å²) in [6.07, 6.45) is 2.06. The Morgan fingerprint density at radius 2 is 1.62 bits per heavy atom. The first-order valence-electron chi connectivity index (χ1n) is 8.65. The molecule has 5 nitrogen and oxygen atoms in total. The lowest BCUT2D eigenvalue weighted by Crippen LogP contribution is -2.43. The van der Waals surface area contributed by atoms with Crippen molar-refractivity contribution in [2.24, 2.45) is 5.73 Å². The average Bonchev–Trinajstić information content (AvgIpc) is 2.63. The molecule has 2 rings (SSSR count). The maximum absolute atomic E-state index is 12.2. The average molecular weight is 375 g/mol. The topological polar surface area (TPSA) is 89.3 Å². The fraction of sp³-hybridized carbons (Fsp3) is 0.350. The van der Waals surface area contributed by atoms with Crippen LogP contribution in [0.25, 0.3) is 0 Å². The van der Waals surface area contributed by atoms with Crippen molar-refractivity contribution in [3.05, 3.63) is 71.8 Å². The van der Waals surface area contributed by atoms with E-state index in [9.17, 15) is 13.2 Å². The van der Waals surface area contributed by atoms with E-state index in [1.165, 1.54) is 5.56 Å². The zero-order valence-corrected chi connectivity index (χ0v) is 15.8. The van der Waals surface area contributed by atoms with Crippen LogP contribution in [-0.4, -0.2) is 38.9 Å². The zero-order chi connectivity index (χ0) is 19.0. The molecule has 0 fully saturated rings. The summed E-state index contributed by atoms with van der Waals surface area (Å²) in [7, 11) is -3.13. The molecule has 0 saturated carbocycles. The molecule has 2 unspecified atom stereocenters. The van der Waals surface area contributed by atoms with Crippen LogP contribution in [0.15, 0.2) is 60.7 Å². The summed E-state index contributed by atoms with van der Waals surface area (Å²) in [4.78, 5) is 12.2. The van der Waals surface area contributed by atoms with Crippen LogP contribution >= 0.6 is 0 Å². The van der Waals surface area contributed by atoms with Gasteiger partial charge in [-0.3, -0.25) is 4.79 Å². The van der Waals surface area contributed by atoms with Crippen LogP contribution in [0.1, 0.15) is 23.5 Å². The Bertz CT molecular complexity index is 792. The van der Waals surface area contributed by atoms with Gasteiger partial charge in [-0.2, -0.15) is 0 Å². The van der Waals surface area contributed by atoms with Crippen LogP contribution in [0.4, 0.5) is 0 Å². The van der Waals surface area contributed by atoms with E-state index in [4.69, 9.17) is 5.73 Å². The molecule has 0 aliphatic carbocycles. The van der Waals surface area contributed by atoms with Crippen molar-refractivity contribution in [3.8, 4) is 0 Å². The first-order chi connectivity index (χ1) is 12.3. The Balaban J connectivity index is 1.99. The van der Waals surface area contributed by atoms with Crippen LogP contribution in [0.5, 0.6) is 0 Å². The Kier molecular flexibility index (Phi) is 7.36. The molecule has 3 N–H and O–H groups in total. The lowest BCUT2D eigenvalue weighted by Gasteiger charge is -2.20. The Morgan fingerprint density at radius 1 is 1.04 bits per heavy atom. The highest BCUT2D eigenvalue weighted by Crippen LogP contribution is 2.20. The quantitative estimate of drug-likeness (QED) is 0.701. The first-order valence-corrected chi connectivity index (χ1v) is 10.7. The molecule has 0 spiro atoms. The number of carbonyl (C=O) groups is 1. The van der Waals surface area contributed by atoms with Crippen LogP contribution in [0.3, 0.4) is 0 Å². The molecule has 140 valence electrons. The van der Waals surface area contributed by atoms with Gasteiger partial charge in [0.25, 0.3) is 0 Å². The van der Waals surface area contributed by atoms with Gasteiger partial charge in [-0.1, -0.05) is 60.7 Å². The molecule has 2 aromatic carbocycles. The normalized spacial score (nSPS) is 13.8. The van der Waals surface area contributed by atoms with E-state index in [2.05, 4.69) is 17.4 Å². The minimum absolute atomic E-state index is 0.0896. The van der Waals surface area contributed by atoms with Gasteiger partial charge >= 0.3 is 0 Å². The van der Waals surface area contributed by atoms with Crippen molar-refractivity contribution < 1.29 is 13.2 Å². The van der Waals surface area contributed by atoms with Crippen molar-refractivity contribution in [2.75, 3.05) is 18.6 Å². The summed E-state index contributed by atoms with van der Waals surface area (Å²) in [5.74, 6) is -0.291. The lowest BCUT2D eigenvalue weighted by molar-refractivity contribution is -0.122. The van der Waals surface area contributed by atoms with Crippen molar-refractivity contribution in [2.45, 2.75) is 24.8 Å². The maximum Gasteiger partial charge on any atom is 0.236 e. The molecular weight excluding hydrogens is 348 g/mol. The van der Waals surface area contributed by atoms with Gasteiger partial charge < -0.3 is 11.1 Å². The van der Waals surface area contributed by atoms with Crippen LogP contribution in [-0.2, 0) is 21.1 Å². The van der Waals surface area contributed by atoms with Gasteiger partial charge in [-0.25, -0.2) is 8.42 Å². The van der Waals surface area contributed by atoms with Crippen LogP contribution in [0.2, 0.25) is 0 Å². The van der Waals surface area contributed by atoms with Crippen molar-refractivity contribution in [3.63, 3.8) is 0 Å². The third kappa shape index (κ3) is 6.98. The molecule has 0 radical (unpaired) electrons. The second kappa shape index (κ2) is 9.50. The highest BCUT2D eigenvalue weighted by molar-refractivity contribution is 7.90. The largest absolute Gasteiger partial charge is 0.354 e. The first kappa shape index (κ1) is 20.1. The number of amides is 1. The summed E-state index contributed by atoms with van der Waals surface area (Å²) < 4.78 is 22.5. The minimum Gasteiger partial charge on any atom is -0.354 e. The van der Waals surface area contributed by atoms with E-state index in [0.29, 0.717) is 6.54 Å². The number of sulfone groups is 1. The smallest absolute Gasteiger partial charge is 0.236 e. The highest BCUT2D eigenvalue weighted by Gasteiger charge is 2.18. The minimum atomic E-state index is -3.13. The molecule has 0 aliphatic rings. The maximum atomic E-state index is 12.2. The number of carbonyl (C=O) groups excluding carboxylic acids is 1. The molecular formula is C20H26N2O3S. The van der Waals surface area contributed by atoms with Crippen molar-refractivity contribution >= 4 is 15.7 Å². The molecule has 1 amide bonds. The second-order valence-corrected chi connectivity index (χ2v) is 8.83. The monoisotopic (exact) mass is 374 g/mol. The zero-order valence-electron chi connectivity index (χ0n) is 15.0. The van der Waals surface area contributed by atoms with Gasteiger partial charge in [0.15, 0.2) is 0 Å². The summed E-state index contributed by atoms with van der Waals surface area (Å²) in [6, 6.07) is 19.3. The molecule has 6 heteroatoms. The van der Waals surface area contributed by atoms with Crippen molar-refractivity contribution in [1.29, 1.82) is 0 Å². The second-order valence-electron chi connectivity index (χ2n) is 6.57. The standard InChI is InChI=1S/C20H26N2O3S/c1-26(24,25)13-12-19(21)20(23)22-15-18(17-10-6-3-7-11-17)14-16-8-4-2-5-9-16/h2-11,18-19H,12-15,21H2,1H3,(H,22,23). The van der Waals surface area contributed by atoms with E-state index in [1.54, 1.807) is 0 Å².